The molecule has 1 atom stereocenters. The molecule has 1 aliphatic heterocycles. The van der Waals surface area contributed by atoms with Crippen molar-refractivity contribution in [3.05, 3.63) is 27.9 Å². The molecule has 1 aliphatic rings. The van der Waals surface area contributed by atoms with Crippen molar-refractivity contribution in [2.24, 2.45) is 0 Å². The van der Waals surface area contributed by atoms with E-state index in [1.54, 1.807) is 17.9 Å². The van der Waals surface area contributed by atoms with E-state index in [9.17, 15) is 15.2 Å². The molecule has 2 heterocycles. The Morgan fingerprint density at radius 1 is 1.59 bits per heavy atom. The van der Waals surface area contributed by atoms with Gasteiger partial charge in [-0.1, -0.05) is 0 Å². The van der Waals surface area contributed by atoms with Crippen molar-refractivity contribution < 1.29 is 10.0 Å². The van der Waals surface area contributed by atoms with E-state index in [-0.39, 0.29) is 5.69 Å². The van der Waals surface area contributed by atoms with Crippen molar-refractivity contribution in [3.63, 3.8) is 0 Å². The molecule has 1 unspecified atom stereocenters. The van der Waals surface area contributed by atoms with E-state index < -0.39 is 11.0 Å². The van der Waals surface area contributed by atoms with E-state index in [2.05, 4.69) is 4.98 Å². The summed E-state index contributed by atoms with van der Waals surface area (Å²) >= 11 is 0. The van der Waals surface area contributed by atoms with Crippen LogP contribution in [0, 0.1) is 17.0 Å². The minimum absolute atomic E-state index is 0.00435. The topological polar surface area (TPSA) is 79.5 Å². The number of nitrogens with zero attached hydrogens (tertiary/aromatic N) is 3. The maximum absolute atomic E-state index is 10.9. The van der Waals surface area contributed by atoms with Crippen molar-refractivity contribution in [1.29, 1.82) is 0 Å². The smallest absolute Gasteiger partial charge is 0.311 e. The van der Waals surface area contributed by atoms with Gasteiger partial charge in [0.05, 0.1) is 11.0 Å². The second-order valence-electron chi connectivity index (χ2n) is 4.29. The molecule has 0 bridgehead atoms. The maximum atomic E-state index is 10.9. The van der Waals surface area contributed by atoms with Gasteiger partial charge in [-0.2, -0.15) is 0 Å². The number of rotatable bonds is 2. The lowest BCUT2D eigenvalue weighted by molar-refractivity contribution is -0.384. The first-order chi connectivity index (χ1) is 8.08. The minimum Gasteiger partial charge on any atom is -0.391 e. The number of anilines is 1. The fourth-order valence-corrected chi connectivity index (χ4v) is 2.06. The average Bonchev–Trinajstić information content (AvgIpc) is 2.28. The molecule has 92 valence electrons. The zero-order valence-corrected chi connectivity index (χ0v) is 9.67. The minimum atomic E-state index is -0.428. The normalized spacial score (nSPS) is 20.4. The molecular weight excluding hydrogens is 222 g/mol. The molecule has 17 heavy (non-hydrogen) atoms. The van der Waals surface area contributed by atoms with Crippen LogP contribution in [0.4, 0.5) is 11.5 Å². The van der Waals surface area contributed by atoms with Crippen LogP contribution in [0.2, 0.25) is 0 Å². The van der Waals surface area contributed by atoms with Crippen LogP contribution in [-0.4, -0.2) is 34.2 Å². The first-order valence-corrected chi connectivity index (χ1v) is 5.63. The largest absolute Gasteiger partial charge is 0.391 e. The number of β-amino-alcohol motifs (C(OH)–C–C–N with tert-alkyl or cyclic N) is 1. The predicted octanol–water partition coefficient (Wildman–Crippen LogP) is 1.26. The van der Waals surface area contributed by atoms with Crippen LogP contribution in [0.15, 0.2) is 12.1 Å². The van der Waals surface area contributed by atoms with Gasteiger partial charge in [0.2, 0.25) is 5.82 Å². The Bertz CT molecular complexity index is 436. The lowest BCUT2D eigenvalue weighted by atomic mass is 10.1. The molecular formula is C11H15N3O3. The summed E-state index contributed by atoms with van der Waals surface area (Å²) in [6.45, 7) is 2.92. The number of hydrogen-bond acceptors (Lipinski definition) is 5. The van der Waals surface area contributed by atoms with Gasteiger partial charge in [0, 0.05) is 24.8 Å². The molecule has 6 heteroatoms. The number of aliphatic hydroxyl groups excluding tert-OH is 1. The molecule has 1 fully saturated rings. The van der Waals surface area contributed by atoms with Gasteiger partial charge >= 0.3 is 5.69 Å². The van der Waals surface area contributed by atoms with Crippen LogP contribution in [0.3, 0.4) is 0 Å². The third-order valence-electron chi connectivity index (χ3n) is 2.89. The van der Waals surface area contributed by atoms with Crippen LogP contribution < -0.4 is 4.90 Å². The maximum Gasteiger partial charge on any atom is 0.311 e. The first kappa shape index (κ1) is 11.8. The Balaban J connectivity index is 2.35. The summed E-state index contributed by atoms with van der Waals surface area (Å²) in [5.41, 5.74) is 0.746. The summed E-state index contributed by atoms with van der Waals surface area (Å²) in [4.78, 5) is 16.5. The van der Waals surface area contributed by atoms with Crippen molar-refractivity contribution in [1.82, 2.24) is 4.98 Å². The van der Waals surface area contributed by atoms with Gasteiger partial charge < -0.3 is 10.0 Å². The highest BCUT2D eigenvalue weighted by atomic mass is 16.6. The average molecular weight is 237 g/mol. The molecule has 2 rings (SSSR count). The molecule has 1 aromatic heterocycles. The molecule has 1 N–H and O–H groups in total. The number of aliphatic hydroxyl groups is 1. The number of aryl methyl sites for hydroxylation is 1. The third kappa shape index (κ3) is 2.52. The van der Waals surface area contributed by atoms with Gasteiger partial charge in [0.15, 0.2) is 0 Å². The third-order valence-corrected chi connectivity index (χ3v) is 2.89. The molecule has 0 radical (unpaired) electrons. The van der Waals surface area contributed by atoms with E-state index >= 15 is 0 Å². The summed E-state index contributed by atoms with van der Waals surface area (Å²) in [6, 6.07) is 3.10. The summed E-state index contributed by atoms with van der Waals surface area (Å²) in [6.07, 6.45) is 1.15. The summed E-state index contributed by atoms with van der Waals surface area (Å²) in [7, 11) is 0. The molecule has 0 amide bonds. The first-order valence-electron chi connectivity index (χ1n) is 5.63. The van der Waals surface area contributed by atoms with E-state index in [4.69, 9.17) is 0 Å². The number of hydrogen-bond donors (Lipinski definition) is 1. The fraction of sp³-hybridized carbons (Fsp3) is 0.545. The second kappa shape index (κ2) is 4.67. The van der Waals surface area contributed by atoms with Crippen LogP contribution in [0.25, 0.3) is 0 Å². The Kier molecular flexibility index (Phi) is 3.23. The highest BCUT2D eigenvalue weighted by molar-refractivity contribution is 5.58. The zero-order valence-electron chi connectivity index (χ0n) is 9.67. The Morgan fingerprint density at radius 2 is 2.35 bits per heavy atom. The molecule has 1 aromatic rings. The summed E-state index contributed by atoms with van der Waals surface area (Å²) < 4.78 is 0. The van der Waals surface area contributed by atoms with Gasteiger partial charge in [-0.25, -0.2) is 4.98 Å². The van der Waals surface area contributed by atoms with Gasteiger partial charge in [-0.05, 0) is 25.8 Å². The zero-order chi connectivity index (χ0) is 12.4. The van der Waals surface area contributed by atoms with Crippen molar-refractivity contribution in [2.75, 3.05) is 18.0 Å². The predicted molar refractivity (Wildman–Crippen MR) is 63.1 cm³/mol. The molecule has 0 spiro atoms. The number of aromatic nitrogens is 1. The standard InChI is InChI=1S/C11H15N3O3/c1-8-4-5-10(14(16)17)11(12-8)13-6-2-3-9(15)7-13/h4-5,9,15H,2-3,6-7H2,1H3. The van der Waals surface area contributed by atoms with Gasteiger partial charge in [-0.3, -0.25) is 10.1 Å². The van der Waals surface area contributed by atoms with Crippen molar-refractivity contribution in [3.8, 4) is 0 Å². The number of nitro groups is 1. The highest BCUT2D eigenvalue weighted by Gasteiger charge is 2.25. The highest BCUT2D eigenvalue weighted by Crippen LogP contribution is 2.28. The van der Waals surface area contributed by atoms with Crippen LogP contribution in [0.1, 0.15) is 18.5 Å². The van der Waals surface area contributed by atoms with E-state index in [0.717, 1.165) is 18.5 Å². The van der Waals surface area contributed by atoms with Crippen molar-refractivity contribution in [2.45, 2.75) is 25.9 Å². The number of piperidine rings is 1. The van der Waals surface area contributed by atoms with Crippen LogP contribution >= 0.6 is 0 Å². The molecule has 6 nitrogen and oxygen atoms in total. The SMILES string of the molecule is Cc1ccc([N+](=O)[O-])c(N2CCCC(O)C2)n1. The lowest BCUT2D eigenvalue weighted by Crippen LogP contribution is -2.39. The Labute approximate surface area is 99.0 Å². The molecule has 1 saturated heterocycles. The molecule has 0 aromatic carbocycles. The second-order valence-corrected chi connectivity index (χ2v) is 4.29. The van der Waals surface area contributed by atoms with Gasteiger partial charge in [-0.15, -0.1) is 0 Å². The van der Waals surface area contributed by atoms with Gasteiger partial charge in [0.1, 0.15) is 0 Å². The number of pyridine rings is 1. The lowest BCUT2D eigenvalue weighted by Gasteiger charge is -2.30. The van der Waals surface area contributed by atoms with Gasteiger partial charge in [0.25, 0.3) is 0 Å². The molecule has 0 aliphatic carbocycles. The van der Waals surface area contributed by atoms with E-state index in [0.29, 0.717) is 18.9 Å². The van der Waals surface area contributed by atoms with Crippen LogP contribution in [-0.2, 0) is 0 Å². The van der Waals surface area contributed by atoms with Crippen molar-refractivity contribution >= 4 is 11.5 Å². The Hall–Kier alpha value is -1.69. The van der Waals surface area contributed by atoms with Crippen LogP contribution in [0.5, 0.6) is 0 Å². The quantitative estimate of drug-likeness (QED) is 0.618. The fourth-order valence-electron chi connectivity index (χ4n) is 2.06. The summed E-state index contributed by atoms with van der Waals surface area (Å²) in [5, 5.41) is 20.5. The Morgan fingerprint density at radius 3 is 3.00 bits per heavy atom. The van der Waals surface area contributed by atoms with E-state index in [1.165, 1.54) is 6.07 Å². The van der Waals surface area contributed by atoms with E-state index in [1.807, 2.05) is 0 Å². The monoisotopic (exact) mass is 237 g/mol. The summed E-state index contributed by atoms with van der Waals surface area (Å²) in [5.74, 6) is 0.369. The molecule has 0 saturated carbocycles.